The number of benzene rings is 3. The van der Waals surface area contributed by atoms with E-state index in [0.29, 0.717) is 0 Å². The van der Waals surface area contributed by atoms with Crippen molar-refractivity contribution in [2.24, 2.45) is 5.10 Å². The van der Waals surface area contributed by atoms with Crippen molar-refractivity contribution in [3.63, 3.8) is 0 Å². The van der Waals surface area contributed by atoms with Crippen LogP contribution in [0, 0.1) is 0 Å². The Bertz CT molecular complexity index is 952. The normalized spacial score (nSPS) is 15.8. The van der Waals surface area contributed by atoms with Gasteiger partial charge in [0.15, 0.2) is 0 Å². The third kappa shape index (κ3) is 4.18. The average Bonchev–Trinajstić information content (AvgIpc) is 2.75. The minimum absolute atomic E-state index is 0.877. The van der Waals surface area contributed by atoms with Crippen molar-refractivity contribution in [1.82, 2.24) is 5.01 Å². The van der Waals surface area contributed by atoms with Crippen molar-refractivity contribution < 1.29 is 9.64 Å². The zero-order chi connectivity index (χ0) is 19.3. The van der Waals surface area contributed by atoms with Crippen LogP contribution < -0.4 is 9.64 Å². The van der Waals surface area contributed by atoms with Gasteiger partial charge in [-0.25, -0.2) is 0 Å². The van der Waals surface area contributed by atoms with Gasteiger partial charge in [-0.3, -0.25) is 5.01 Å². The van der Waals surface area contributed by atoms with E-state index in [1.165, 1.54) is 16.3 Å². The van der Waals surface area contributed by atoms with E-state index in [-0.39, 0.29) is 0 Å². The molecule has 0 radical (unpaired) electrons. The summed E-state index contributed by atoms with van der Waals surface area (Å²) in [5, 5.41) is 9.78. The van der Waals surface area contributed by atoms with Crippen LogP contribution in [-0.2, 0) is 6.54 Å². The molecule has 0 unspecified atom stereocenters. The summed E-state index contributed by atoms with van der Waals surface area (Å²) in [5.41, 5.74) is 3.64. The summed E-state index contributed by atoms with van der Waals surface area (Å²) in [4.78, 5) is 1.63. The highest BCUT2D eigenvalue weighted by atomic mass is 16.5. The molecule has 4 rings (SSSR count). The molecule has 0 aliphatic carbocycles. The number of ether oxygens (including phenoxy) is 1. The van der Waals surface area contributed by atoms with Gasteiger partial charge in [-0.05, 0) is 47.5 Å². The Hall–Kier alpha value is -2.85. The van der Waals surface area contributed by atoms with E-state index < -0.39 is 0 Å². The maximum absolute atomic E-state index is 5.23. The van der Waals surface area contributed by atoms with Crippen LogP contribution in [0.15, 0.2) is 71.8 Å². The molecule has 1 heterocycles. The molecule has 0 aromatic heterocycles. The number of methoxy groups -OCH3 is 1. The van der Waals surface area contributed by atoms with Crippen molar-refractivity contribution in [2.75, 3.05) is 33.3 Å². The lowest BCUT2D eigenvalue weighted by Gasteiger charge is -2.31. The lowest BCUT2D eigenvalue weighted by atomic mass is 10.0. The molecule has 28 heavy (non-hydrogen) atoms. The van der Waals surface area contributed by atoms with Crippen LogP contribution in [0.5, 0.6) is 5.75 Å². The topological polar surface area (TPSA) is 29.3 Å². The molecule has 0 spiro atoms. The Morgan fingerprint density at radius 1 is 0.964 bits per heavy atom. The lowest BCUT2D eigenvalue weighted by molar-refractivity contribution is -0.918. The summed E-state index contributed by atoms with van der Waals surface area (Å²) in [6.45, 7) is 7.37. The highest BCUT2D eigenvalue weighted by Gasteiger charge is 2.20. The predicted molar refractivity (Wildman–Crippen MR) is 115 cm³/mol. The summed E-state index contributed by atoms with van der Waals surface area (Å²) >= 11 is 0. The number of nitrogens with one attached hydrogen (secondary N) is 1. The highest BCUT2D eigenvalue weighted by molar-refractivity contribution is 5.98. The molecule has 0 bridgehead atoms. The zero-order valence-corrected chi connectivity index (χ0v) is 16.7. The van der Waals surface area contributed by atoms with Crippen molar-refractivity contribution in [1.29, 1.82) is 0 Å². The second-order valence-corrected chi connectivity index (χ2v) is 7.43. The fourth-order valence-electron chi connectivity index (χ4n) is 3.91. The first-order valence-electron chi connectivity index (χ1n) is 9.98. The molecule has 4 nitrogen and oxygen atoms in total. The standard InChI is InChI=1S/C24H27N3O/c1-19(20-10-12-23(28-2)13-11-20)25-27-16-14-26(15-17-27)18-22-8-5-7-21-6-3-4-9-24(21)22/h3-13H,14-18H2,1-2H3/p+1/b25-19+. The fraction of sp³-hybridized carbons (Fsp3) is 0.292. The largest absolute Gasteiger partial charge is 0.497 e. The van der Waals surface area contributed by atoms with E-state index in [0.717, 1.165) is 49.7 Å². The van der Waals surface area contributed by atoms with E-state index in [1.807, 2.05) is 12.1 Å². The molecule has 1 aliphatic rings. The molecule has 0 atom stereocenters. The Balaban J connectivity index is 1.37. The molecule has 1 fully saturated rings. The number of rotatable bonds is 5. The van der Waals surface area contributed by atoms with Crippen LogP contribution in [0.3, 0.4) is 0 Å². The van der Waals surface area contributed by atoms with Gasteiger partial charge in [0.2, 0.25) is 0 Å². The maximum atomic E-state index is 5.23. The Morgan fingerprint density at radius 3 is 2.43 bits per heavy atom. The molecule has 1 aliphatic heterocycles. The van der Waals surface area contributed by atoms with E-state index in [1.54, 1.807) is 12.0 Å². The number of quaternary nitrogens is 1. The van der Waals surface area contributed by atoms with Gasteiger partial charge in [-0.15, -0.1) is 0 Å². The van der Waals surface area contributed by atoms with Gasteiger partial charge in [0, 0.05) is 5.56 Å². The van der Waals surface area contributed by atoms with Crippen molar-refractivity contribution in [2.45, 2.75) is 13.5 Å². The molecule has 0 amide bonds. The molecule has 144 valence electrons. The van der Waals surface area contributed by atoms with E-state index in [2.05, 4.69) is 66.5 Å². The van der Waals surface area contributed by atoms with E-state index in [4.69, 9.17) is 9.84 Å². The van der Waals surface area contributed by atoms with Gasteiger partial charge in [0.25, 0.3) is 0 Å². The molecule has 4 heteroatoms. The molecule has 1 N–H and O–H groups in total. The minimum atomic E-state index is 0.877. The Labute approximate surface area is 167 Å². The molecular formula is C24H28N3O+. The number of piperazine rings is 1. The predicted octanol–water partition coefficient (Wildman–Crippen LogP) is 2.97. The molecule has 0 saturated carbocycles. The van der Waals surface area contributed by atoms with Crippen LogP contribution >= 0.6 is 0 Å². The summed E-state index contributed by atoms with van der Waals surface area (Å²) in [6, 6.07) is 23.4. The summed E-state index contributed by atoms with van der Waals surface area (Å²) < 4.78 is 5.23. The summed E-state index contributed by atoms with van der Waals surface area (Å²) in [5.74, 6) is 0.877. The number of hydrazone groups is 1. The first-order valence-corrected chi connectivity index (χ1v) is 9.98. The van der Waals surface area contributed by atoms with Gasteiger partial charge in [0.1, 0.15) is 12.3 Å². The average molecular weight is 375 g/mol. The van der Waals surface area contributed by atoms with Crippen molar-refractivity contribution in [3.8, 4) is 5.75 Å². The van der Waals surface area contributed by atoms with Crippen LogP contribution in [0.25, 0.3) is 10.8 Å². The zero-order valence-electron chi connectivity index (χ0n) is 16.7. The van der Waals surface area contributed by atoms with Crippen molar-refractivity contribution in [3.05, 3.63) is 77.9 Å². The Kier molecular flexibility index (Phi) is 5.58. The van der Waals surface area contributed by atoms with Gasteiger partial charge in [-0.1, -0.05) is 42.5 Å². The van der Waals surface area contributed by atoms with Gasteiger partial charge in [-0.2, -0.15) is 5.10 Å². The Morgan fingerprint density at radius 2 is 1.68 bits per heavy atom. The second kappa shape index (κ2) is 8.44. The van der Waals surface area contributed by atoms with Gasteiger partial charge in [0.05, 0.1) is 39.0 Å². The van der Waals surface area contributed by atoms with Crippen LogP contribution in [0.1, 0.15) is 18.1 Å². The summed E-state index contributed by atoms with van der Waals surface area (Å²) in [6.07, 6.45) is 0. The third-order valence-electron chi connectivity index (χ3n) is 5.57. The fourth-order valence-corrected chi connectivity index (χ4v) is 3.91. The van der Waals surface area contributed by atoms with Crippen LogP contribution in [-0.4, -0.2) is 44.0 Å². The second-order valence-electron chi connectivity index (χ2n) is 7.43. The maximum Gasteiger partial charge on any atom is 0.118 e. The number of nitrogens with zero attached hydrogens (tertiary/aromatic N) is 2. The van der Waals surface area contributed by atoms with Crippen LogP contribution in [0.4, 0.5) is 0 Å². The molecule has 1 saturated heterocycles. The number of fused-ring (bicyclic) bond motifs is 1. The quantitative estimate of drug-likeness (QED) is 0.696. The molecular weight excluding hydrogens is 346 g/mol. The summed E-state index contributed by atoms with van der Waals surface area (Å²) in [7, 11) is 1.69. The van der Waals surface area contributed by atoms with E-state index >= 15 is 0 Å². The third-order valence-corrected chi connectivity index (χ3v) is 5.57. The molecule has 3 aromatic carbocycles. The monoisotopic (exact) mass is 374 g/mol. The molecule has 3 aromatic rings. The minimum Gasteiger partial charge on any atom is -0.497 e. The lowest BCUT2D eigenvalue weighted by Crippen LogP contribution is -3.13. The first kappa shape index (κ1) is 18.5. The number of hydrogen-bond acceptors (Lipinski definition) is 3. The van der Waals surface area contributed by atoms with Gasteiger partial charge >= 0.3 is 0 Å². The van der Waals surface area contributed by atoms with Gasteiger partial charge < -0.3 is 9.64 Å². The first-order chi connectivity index (χ1) is 13.7. The smallest absolute Gasteiger partial charge is 0.118 e. The van der Waals surface area contributed by atoms with E-state index in [9.17, 15) is 0 Å². The van der Waals surface area contributed by atoms with Crippen LogP contribution in [0.2, 0.25) is 0 Å². The number of hydrogen-bond donors (Lipinski definition) is 1. The SMILES string of the molecule is COc1ccc(/C(C)=N/N2CC[NH+](Cc3cccc4ccccc34)CC2)cc1. The van der Waals surface area contributed by atoms with Crippen molar-refractivity contribution >= 4 is 16.5 Å². The highest BCUT2D eigenvalue weighted by Crippen LogP contribution is 2.17.